The number of hydrogen-bond acceptors (Lipinski definition) is 13. The zero-order valence-corrected chi connectivity index (χ0v) is 42.4. The number of rotatable bonds is 9. The minimum Gasteiger partial charge on any atom is -0.505 e. The average Bonchev–Trinajstić information content (AvgIpc) is 3.16. The number of carbonyl (C=O) groups excluding carboxylic acids is 1. The van der Waals surface area contributed by atoms with Crippen LogP contribution in [0.4, 0.5) is 38.9 Å². The van der Waals surface area contributed by atoms with Crippen LogP contribution < -0.4 is 10.6 Å². The molecular formula is C39H30N6Na3O12S3. The molecule has 24 heteroatoms. The van der Waals surface area contributed by atoms with Crippen molar-refractivity contribution in [3.05, 3.63) is 114 Å². The molecule has 0 unspecified atom stereocenters. The van der Waals surface area contributed by atoms with E-state index in [-0.39, 0.29) is 132 Å². The van der Waals surface area contributed by atoms with Crippen LogP contribution in [0.1, 0.15) is 11.1 Å². The van der Waals surface area contributed by atoms with E-state index in [1.807, 2.05) is 13.0 Å². The van der Waals surface area contributed by atoms with Gasteiger partial charge in [0.05, 0.1) is 16.3 Å². The van der Waals surface area contributed by atoms with Gasteiger partial charge in [-0.2, -0.15) is 35.5 Å². The molecule has 0 atom stereocenters. The molecule has 309 valence electrons. The predicted molar refractivity (Wildman–Crippen MR) is 239 cm³/mol. The monoisotopic (exact) mass is 939 g/mol. The van der Waals surface area contributed by atoms with Crippen LogP contribution in [0.25, 0.3) is 32.3 Å². The van der Waals surface area contributed by atoms with E-state index in [1.165, 1.54) is 72.8 Å². The molecule has 63 heavy (non-hydrogen) atoms. The molecule has 0 aliphatic carbocycles. The molecule has 0 heterocycles. The second-order valence-corrected chi connectivity index (χ2v) is 17.6. The molecule has 0 saturated heterocycles. The second-order valence-electron chi connectivity index (χ2n) is 13.4. The maximum Gasteiger partial charge on any atom is 0.323 e. The summed E-state index contributed by atoms with van der Waals surface area (Å²) in [6.45, 7) is 3.66. The number of aryl methyl sites for hydroxylation is 2. The summed E-state index contributed by atoms with van der Waals surface area (Å²) in [6.07, 6.45) is 0. The molecule has 18 nitrogen and oxygen atoms in total. The standard InChI is InChI=1S/C39H30N6O12S3.3Na/c1-20-3-12-32(21(2)13-20)43-45-36-34(60(55,56)57)19-25-16-27(8-11-31(25)38(36)47)41-39(48)40-26-7-10-30-24(15-26)18-33(59(52,53)54)35(37(30)46)44-42-28-6-4-23-17-29(58(49,50)51)9-5-22(23)14-28;;;/h3-19,46-47H,1-2H3,(H2,40,41,48)(H,49,50,51)(H,52,53,54)(H,55,56,57);;;. The summed E-state index contributed by atoms with van der Waals surface area (Å²) >= 11 is 0. The Morgan fingerprint density at radius 3 is 1.49 bits per heavy atom. The minimum absolute atomic E-state index is 0. The number of aromatic hydroxyl groups is 2. The number of carbonyl (C=O) groups is 1. The van der Waals surface area contributed by atoms with Crippen LogP contribution in [-0.4, -0.2) is 144 Å². The number of azo groups is 2. The van der Waals surface area contributed by atoms with Gasteiger partial charge in [-0.25, -0.2) is 4.79 Å². The Balaban J connectivity index is 0.00000290. The second kappa shape index (κ2) is 20.1. The van der Waals surface area contributed by atoms with Gasteiger partial charge in [0.15, 0.2) is 11.5 Å². The third-order valence-electron chi connectivity index (χ3n) is 9.14. The van der Waals surface area contributed by atoms with Crippen LogP contribution >= 0.6 is 0 Å². The normalized spacial score (nSPS) is 12.0. The van der Waals surface area contributed by atoms with Crippen LogP contribution in [0, 0.1) is 13.8 Å². The fraction of sp³-hybridized carbons (Fsp3) is 0.0513. The van der Waals surface area contributed by atoms with Crippen LogP contribution in [0.3, 0.4) is 0 Å². The van der Waals surface area contributed by atoms with Gasteiger partial charge in [-0.1, -0.05) is 29.8 Å². The van der Waals surface area contributed by atoms with Crippen LogP contribution in [0.5, 0.6) is 11.5 Å². The molecule has 7 aromatic carbocycles. The zero-order chi connectivity index (χ0) is 43.3. The van der Waals surface area contributed by atoms with E-state index in [4.69, 9.17) is 0 Å². The minimum atomic E-state index is -5.01. The van der Waals surface area contributed by atoms with Crippen LogP contribution in [0.2, 0.25) is 0 Å². The molecule has 0 saturated carbocycles. The van der Waals surface area contributed by atoms with Crippen molar-refractivity contribution in [2.24, 2.45) is 20.5 Å². The average molecular weight is 940 g/mol. The summed E-state index contributed by atoms with van der Waals surface area (Å²) in [5.41, 5.74) is 1.41. The van der Waals surface area contributed by atoms with Crippen molar-refractivity contribution in [3.63, 3.8) is 0 Å². The zero-order valence-electron chi connectivity index (χ0n) is 33.9. The quantitative estimate of drug-likeness (QED) is 0.0409. The number of phenols is 2. The number of hydrogen-bond donors (Lipinski definition) is 7. The third kappa shape index (κ3) is 11.7. The topological polar surface area (TPSA) is 294 Å². The van der Waals surface area contributed by atoms with E-state index in [0.717, 1.165) is 23.3 Å². The summed E-state index contributed by atoms with van der Waals surface area (Å²) in [7, 11) is -14.4. The van der Waals surface area contributed by atoms with Crippen molar-refractivity contribution in [2.75, 3.05) is 10.6 Å². The molecule has 7 N–H and O–H groups in total. The maximum absolute atomic E-state index is 13.1. The molecule has 0 aliphatic rings. The third-order valence-corrected chi connectivity index (χ3v) is 11.7. The van der Waals surface area contributed by atoms with E-state index >= 15 is 0 Å². The fourth-order valence-electron chi connectivity index (χ4n) is 6.30. The number of phenolic OH excluding ortho intramolecular Hbond substituents is 2. The van der Waals surface area contributed by atoms with Gasteiger partial charge in [-0.15, -0.1) is 10.2 Å². The Morgan fingerprint density at radius 2 is 1.00 bits per heavy atom. The smallest absolute Gasteiger partial charge is 0.323 e. The predicted octanol–water partition coefficient (Wildman–Crippen LogP) is 8.25. The first-order valence-electron chi connectivity index (χ1n) is 17.2. The van der Waals surface area contributed by atoms with Crippen molar-refractivity contribution in [1.29, 1.82) is 0 Å². The molecule has 0 bridgehead atoms. The SMILES string of the molecule is Cc1ccc(N=Nc2c(S(=O)(=O)O)cc3cc(NC(=O)Nc4ccc5c(O)c(N=Nc6ccc7cc(S(=O)(=O)O)ccc7c6)c(S(=O)(=O)O)cc5c4)ccc3c2O)c(C)c1.[Na].[Na].[Na]. The van der Waals surface area contributed by atoms with E-state index in [2.05, 4.69) is 31.1 Å². The number of nitrogens with one attached hydrogen (secondary N) is 2. The Labute approximate surface area is 426 Å². The first-order chi connectivity index (χ1) is 28.2. The Morgan fingerprint density at radius 1 is 0.508 bits per heavy atom. The first kappa shape index (κ1) is 51.8. The molecule has 7 rings (SSSR count). The summed E-state index contributed by atoms with van der Waals surface area (Å²) in [6, 6.07) is 22.9. The van der Waals surface area contributed by atoms with Gasteiger partial charge >= 0.3 is 6.03 Å². The summed E-state index contributed by atoms with van der Waals surface area (Å²) in [5.74, 6) is -1.26. The van der Waals surface area contributed by atoms with E-state index in [9.17, 15) is 53.9 Å². The van der Waals surface area contributed by atoms with Gasteiger partial charge in [-0.05, 0) is 120 Å². The molecule has 0 aliphatic heterocycles. The molecule has 0 fully saturated rings. The van der Waals surface area contributed by atoms with Gasteiger partial charge in [0.25, 0.3) is 30.4 Å². The molecule has 0 spiro atoms. The van der Waals surface area contributed by atoms with Crippen LogP contribution in [0.15, 0.2) is 138 Å². The van der Waals surface area contributed by atoms with Crippen molar-refractivity contribution in [2.45, 2.75) is 28.5 Å². The molecule has 2 amide bonds. The summed E-state index contributed by atoms with van der Waals surface area (Å²) in [4.78, 5) is 11.2. The van der Waals surface area contributed by atoms with Gasteiger partial charge in [0.2, 0.25) is 0 Å². The van der Waals surface area contributed by atoms with Crippen molar-refractivity contribution >= 4 is 191 Å². The number of amides is 2. The molecular weight excluding hydrogens is 910 g/mol. The fourth-order valence-corrected chi connectivity index (χ4v) is 8.13. The number of anilines is 2. The molecule has 3 radical (unpaired) electrons. The van der Waals surface area contributed by atoms with Crippen molar-refractivity contribution < 1.29 is 53.9 Å². The number of nitrogens with zero attached hydrogens (tertiary/aromatic N) is 4. The maximum atomic E-state index is 13.1. The van der Waals surface area contributed by atoms with E-state index in [0.29, 0.717) is 16.5 Å². The van der Waals surface area contributed by atoms with Crippen LogP contribution in [-0.2, 0) is 30.4 Å². The number of benzene rings is 7. The van der Waals surface area contributed by atoms with Gasteiger partial charge in [-0.3, -0.25) is 13.7 Å². The summed E-state index contributed by atoms with van der Waals surface area (Å²) in [5, 5.41) is 44.5. The van der Waals surface area contributed by atoms with E-state index in [1.54, 1.807) is 19.1 Å². The number of fused-ring (bicyclic) bond motifs is 3. The largest absolute Gasteiger partial charge is 0.505 e. The first-order valence-corrected chi connectivity index (χ1v) is 21.5. The Hall–Kier alpha value is -3.88. The Kier molecular flexibility index (Phi) is 16.5. The van der Waals surface area contributed by atoms with E-state index < -0.39 is 69.1 Å². The van der Waals surface area contributed by atoms with Gasteiger partial charge in [0, 0.05) is 111 Å². The Bertz CT molecular complexity index is 3390. The number of urea groups is 1. The van der Waals surface area contributed by atoms with Crippen molar-refractivity contribution in [1.82, 2.24) is 0 Å². The van der Waals surface area contributed by atoms with Gasteiger partial charge in [0.1, 0.15) is 21.2 Å². The molecule has 0 aromatic heterocycles. The van der Waals surface area contributed by atoms with Gasteiger partial charge < -0.3 is 20.8 Å². The van der Waals surface area contributed by atoms with Crippen molar-refractivity contribution in [3.8, 4) is 11.5 Å². The molecule has 7 aromatic rings. The summed E-state index contributed by atoms with van der Waals surface area (Å²) < 4.78 is 102.